The van der Waals surface area contributed by atoms with Crippen LogP contribution in [0.15, 0.2) is 18.2 Å². The van der Waals surface area contributed by atoms with Crippen molar-refractivity contribution in [3.63, 3.8) is 0 Å². The Morgan fingerprint density at radius 3 is 2.90 bits per heavy atom. The first-order valence-corrected chi connectivity index (χ1v) is 7.66. The van der Waals surface area contributed by atoms with Gasteiger partial charge in [0.1, 0.15) is 0 Å². The lowest BCUT2D eigenvalue weighted by molar-refractivity contribution is 0.199. The smallest absolute Gasteiger partial charge is 0.0992 e. The number of benzene rings is 1. The third kappa shape index (κ3) is 3.13. The van der Waals surface area contributed by atoms with E-state index in [0.717, 1.165) is 17.8 Å². The number of aliphatic hydroxyl groups is 1. The summed E-state index contributed by atoms with van der Waals surface area (Å²) in [7, 11) is 0. The van der Waals surface area contributed by atoms with E-state index in [0.29, 0.717) is 11.6 Å². The summed E-state index contributed by atoms with van der Waals surface area (Å²) in [4.78, 5) is 2.41. The van der Waals surface area contributed by atoms with E-state index in [9.17, 15) is 5.11 Å². The predicted octanol–water partition coefficient (Wildman–Crippen LogP) is 3.77. The van der Waals surface area contributed by atoms with Gasteiger partial charge in [-0.15, -0.1) is 0 Å². The number of nitriles is 1. The summed E-state index contributed by atoms with van der Waals surface area (Å²) in [6, 6.07) is 8.39. The Hall–Kier alpha value is -1.53. The summed E-state index contributed by atoms with van der Waals surface area (Å²) in [6.45, 7) is 5.04. The SMILES string of the molecule is CCCC1CCCCN1c1cc(C#N)ccc1[C@H](C)O. The zero-order valence-corrected chi connectivity index (χ0v) is 12.5. The van der Waals surface area contributed by atoms with Crippen LogP contribution in [0.3, 0.4) is 0 Å². The minimum Gasteiger partial charge on any atom is -0.389 e. The highest BCUT2D eigenvalue weighted by Gasteiger charge is 2.25. The van der Waals surface area contributed by atoms with Crippen LogP contribution >= 0.6 is 0 Å². The number of hydrogen-bond donors (Lipinski definition) is 1. The van der Waals surface area contributed by atoms with Crippen molar-refractivity contribution in [3.8, 4) is 6.07 Å². The second kappa shape index (κ2) is 6.76. The van der Waals surface area contributed by atoms with Crippen molar-refractivity contribution in [2.45, 2.75) is 58.1 Å². The summed E-state index contributed by atoms with van der Waals surface area (Å²) >= 11 is 0. The third-order valence-electron chi connectivity index (χ3n) is 4.17. The second-order valence-corrected chi connectivity index (χ2v) is 5.69. The Balaban J connectivity index is 2.39. The van der Waals surface area contributed by atoms with E-state index in [2.05, 4.69) is 17.9 Å². The number of hydrogen-bond acceptors (Lipinski definition) is 3. The van der Waals surface area contributed by atoms with Crippen LogP contribution in [0.4, 0.5) is 5.69 Å². The average Bonchev–Trinajstić information content (AvgIpc) is 2.47. The van der Waals surface area contributed by atoms with Gasteiger partial charge >= 0.3 is 0 Å². The van der Waals surface area contributed by atoms with Crippen molar-refractivity contribution in [1.82, 2.24) is 0 Å². The summed E-state index contributed by atoms with van der Waals surface area (Å²) in [5.74, 6) is 0. The molecule has 1 aromatic carbocycles. The molecule has 20 heavy (non-hydrogen) atoms. The van der Waals surface area contributed by atoms with Crippen molar-refractivity contribution < 1.29 is 5.11 Å². The van der Waals surface area contributed by atoms with Gasteiger partial charge in [0.15, 0.2) is 0 Å². The molecule has 1 saturated heterocycles. The largest absolute Gasteiger partial charge is 0.389 e. The molecule has 3 heteroatoms. The molecule has 0 bridgehead atoms. The fourth-order valence-corrected chi connectivity index (χ4v) is 3.17. The first-order chi connectivity index (χ1) is 9.67. The van der Waals surface area contributed by atoms with Gasteiger partial charge in [0.25, 0.3) is 0 Å². The zero-order valence-electron chi connectivity index (χ0n) is 12.5. The molecule has 3 nitrogen and oxygen atoms in total. The number of aliphatic hydroxyl groups excluding tert-OH is 1. The van der Waals surface area contributed by atoms with Gasteiger partial charge in [-0.25, -0.2) is 0 Å². The van der Waals surface area contributed by atoms with Gasteiger partial charge in [-0.1, -0.05) is 19.4 Å². The quantitative estimate of drug-likeness (QED) is 0.907. The zero-order chi connectivity index (χ0) is 14.5. The minimum absolute atomic E-state index is 0.498. The number of rotatable bonds is 4. The van der Waals surface area contributed by atoms with Crippen molar-refractivity contribution in [2.75, 3.05) is 11.4 Å². The third-order valence-corrected chi connectivity index (χ3v) is 4.17. The molecule has 0 radical (unpaired) electrons. The Morgan fingerprint density at radius 1 is 1.45 bits per heavy atom. The molecule has 0 amide bonds. The molecule has 2 atom stereocenters. The van der Waals surface area contributed by atoms with Crippen LogP contribution in [0.5, 0.6) is 0 Å². The molecule has 0 aromatic heterocycles. The van der Waals surface area contributed by atoms with Gasteiger partial charge < -0.3 is 10.0 Å². The van der Waals surface area contributed by atoms with E-state index in [-0.39, 0.29) is 0 Å². The van der Waals surface area contributed by atoms with Gasteiger partial charge in [-0.2, -0.15) is 5.26 Å². The second-order valence-electron chi connectivity index (χ2n) is 5.69. The maximum Gasteiger partial charge on any atom is 0.0992 e. The normalized spacial score (nSPS) is 20.5. The number of nitrogens with zero attached hydrogens (tertiary/aromatic N) is 2. The topological polar surface area (TPSA) is 47.3 Å². The average molecular weight is 272 g/mol. The van der Waals surface area contributed by atoms with Crippen LogP contribution < -0.4 is 4.90 Å². The molecule has 0 spiro atoms. The van der Waals surface area contributed by atoms with E-state index in [4.69, 9.17) is 5.26 Å². The van der Waals surface area contributed by atoms with Crippen LogP contribution in [0, 0.1) is 11.3 Å². The fraction of sp³-hybridized carbons (Fsp3) is 0.588. The Morgan fingerprint density at radius 2 is 2.25 bits per heavy atom. The molecule has 1 aliphatic heterocycles. The first-order valence-electron chi connectivity index (χ1n) is 7.66. The lowest BCUT2D eigenvalue weighted by atomic mass is 9.95. The van der Waals surface area contributed by atoms with Crippen LogP contribution in [0.1, 0.15) is 63.2 Å². The molecule has 1 heterocycles. The molecule has 1 fully saturated rings. The van der Waals surface area contributed by atoms with Gasteiger partial charge in [-0.3, -0.25) is 0 Å². The van der Waals surface area contributed by atoms with E-state index in [1.165, 1.54) is 32.1 Å². The maximum absolute atomic E-state index is 10.0. The van der Waals surface area contributed by atoms with E-state index >= 15 is 0 Å². The standard InChI is InChI=1S/C17H24N2O/c1-3-6-15-7-4-5-10-19(15)17-11-14(12-18)8-9-16(17)13(2)20/h8-9,11,13,15,20H,3-7,10H2,1-2H3/t13-,15?/m0/s1. The molecule has 1 aromatic rings. The Bertz CT molecular complexity index is 488. The van der Waals surface area contributed by atoms with Crippen LogP contribution in [0.25, 0.3) is 0 Å². The van der Waals surface area contributed by atoms with E-state index in [1.54, 1.807) is 13.0 Å². The highest BCUT2D eigenvalue weighted by Crippen LogP contribution is 2.33. The molecule has 2 rings (SSSR count). The highest BCUT2D eigenvalue weighted by molar-refractivity contribution is 5.59. The van der Waals surface area contributed by atoms with Gasteiger partial charge in [0, 0.05) is 23.8 Å². The van der Waals surface area contributed by atoms with Gasteiger partial charge in [0.2, 0.25) is 0 Å². The summed E-state index contributed by atoms with van der Waals surface area (Å²) in [6.07, 6.45) is 5.53. The Labute approximate surface area is 121 Å². The number of anilines is 1. The molecular weight excluding hydrogens is 248 g/mol. The van der Waals surface area contributed by atoms with Gasteiger partial charge in [0.05, 0.1) is 17.7 Å². The molecule has 1 N–H and O–H groups in total. The maximum atomic E-state index is 10.0. The number of piperidine rings is 1. The lowest BCUT2D eigenvalue weighted by Gasteiger charge is -2.39. The molecule has 0 saturated carbocycles. The lowest BCUT2D eigenvalue weighted by Crippen LogP contribution is -2.40. The molecular formula is C17H24N2O. The van der Waals surface area contributed by atoms with Crippen molar-refractivity contribution >= 4 is 5.69 Å². The van der Waals surface area contributed by atoms with Gasteiger partial charge in [-0.05, 0) is 44.7 Å². The Kier molecular flexibility index (Phi) is 5.03. The monoisotopic (exact) mass is 272 g/mol. The molecule has 1 unspecified atom stereocenters. The summed E-state index contributed by atoms with van der Waals surface area (Å²) in [5.41, 5.74) is 2.66. The predicted molar refractivity (Wildman–Crippen MR) is 81.7 cm³/mol. The van der Waals surface area contributed by atoms with Crippen LogP contribution in [-0.4, -0.2) is 17.7 Å². The first kappa shape index (κ1) is 14.9. The van der Waals surface area contributed by atoms with Crippen molar-refractivity contribution in [2.24, 2.45) is 0 Å². The van der Waals surface area contributed by atoms with Crippen molar-refractivity contribution in [3.05, 3.63) is 29.3 Å². The van der Waals surface area contributed by atoms with E-state index < -0.39 is 6.10 Å². The molecule has 108 valence electrons. The summed E-state index contributed by atoms with van der Waals surface area (Å²) < 4.78 is 0. The summed E-state index contributed by atoms with van der Waals surface area (Å²) in [5, 5.41) is 19.1. The van der Waals surface area contributed by atoms with Crippen LogP contribution in [0.2, 0.25) is 0 Å². The highest BCUT2D eigenvalue weighted by atomic mass is 16.3. The molecule has 1 aliphatic rings. The van der Waals surface area contributed by atoms with Crippen molar-refractivity contribution in [1.29, 1.82) is 5.26 Å². The fourth-order valence-electron chi connectivity index (χ4n) is 3.17. The minimum atomic E-state index is -0.498. The van der Waals surface area contributed by atoms with Crippen LogP contribution in [-0.2, 0) is 0 Å². The molecule has 0 aliphatic carbocycles. The van der Waals surface area contributed by atoms with E-state index in [1.807, 2.05) is 12.1 Å².